The Kier molecular flexibility index (Phi) is 3.65. The lowest BCUT2D eigenvalue weighted by molar-refractivity contribution is 0.0517. The van der Waals surface area contributed by atoms with E-state index in [-0.39, 0.29) is 12.3 Å². The van der Waals surface area contributed by atoms with E-state index in [9.17, 15) is 9.59 Å². The minimum Gasteiger partial charge on any atom is -0.461 e. The molecule has 0 atom stereocenters. The Morgan fingerprint density at radius 2 is 1.95 bits per heavy atom. The van der Waals surface area contributed by atoms with E-state index in [0.29, 0.717) is 16.9 Å². The van der Waals surface area contributed by atoms with E-state index in [1.165, 1.54) is 4.57 Å². The van der Waals surface area contributed by atoms with Gasteiger partial charge < -0.3 is 4.74 Å². The predicted molar refractivity (Wildman–Crippen MR) is 81.1 cm³/mol. The average Bonchev–Trinajstić information content (AvgIpc) is 2.55. The van der Waals surface area contributed by atoms with E-state index < -0.39 is 11.5 Å². The van der Waals surface area contributed by atoms with Crippen LogP contribution in [-0.4, -0.2) is 27.1 Å². The Morgan fingerprint density at radius 3 is 2.68 bits per heavy atom. The molecule has 2 aromatic heterocycles. The van der Waals surface area contributed by atoms with E-state index in [1.54, 1.807) is 49.5 Å². The molecule has 3 rings (SSSR count). The lowest BCUT2D eigenvalue weighted by atomic mass is 10.3. The van der Waals surface area contributed by atoms with Crippen LogP contribution in [0.1, 0.15) is 17.4 Å². The van der Waals surface area contributed by atoms with Crippen molar-refractivity contribution in [1.29, 1.82) is 0 Å². The number of pyridine rings is 1. The van der Waals surface area contributed by atoms with Gasteiger partial charge in [-0.1, -0.05) is 18.2 Å². The summed E-state index contributed by atoms with van der Waals surface area (Å²) in [5.74, 6) is -0.733. The summed E-state index contributed by atoms with van der Waals surface area (Å²) in [6.45, 7) is 1.85. The molecule has 0 spiro atoms. The highest BCUT2D eigenvalue weighted by Crippen LogP contribution is 2.13. The molecule has 0 unspecified atom stereocenters. The summed E-state index contributed by atoms with van der Waals surface area (Å²) in [7, 11) is 0. The number of hydrogen-bond acceptors (Lipinski definition) is 5. The van der Waals surface area contributed by atoms with Gasteiger partial charge in [-0.2, -0.15) is 0 Å². The van der Waals surface area contributed by atoms with Crippen LogP contribution in [-0.2, 0) is 4.74 Å². The van der Waals surface area contributed by atoms with Crippen molar-refractivity contribution in [3.63, 3.8) is 0 Å². The highest BCUT2D eigenvalue weighted by molar-refractivity contribution is 5.89. The Labute approximate surface area is 126 Å². The number of hydrogen-bond donors (Lipinski definition) is 0. The van der Waals surface area contributed by atoms with Crippen LogP contribution >= 0.6 is 0 Å². The summed E-state index contributed by atoms with van der Waals surface area (Å²) in [4.78, 5) is 33.0. The minimum atomic E-state index is -0.733. The van der Waals surface area contributed by atoms with Gasteiger partial charge in [-0.3, -0.25) is 9.36 Å². The third-order valence-electron chi connectivity index (χ3n) is 3.10. The second kappa shape index (κ2) is 5.77. The van der Waals surface area contributed by atoms with Gasteiger partial charge in [0.2, 0.25) is 5.69 Å². The van der Waals surface area contributed by atoms with E-state index in [0.717, 1.165) is 0 Å². The molecule has 0 saturated carbocycles. The fraction of sp³-hybridized carbons (Fsp3) is 0.125. The van der Waals surface area contributed by atoms with Crippen LogP contribution < -0.4 is 5.56 Å². The van der Waals surface area contributed by atoms with E-state index in [1.807, 2.05) is 6.07 Å². The van der Waals surface area contributed by atoms with Crippen molar-refractivity contribution < 1.29 is 9.53 Å². The molecule has 0 N–H and O–H groups in total. The molecule has 22 heavy (non-hydrogen) atoms. The zero-order valence-corrected chi connectivity index (χ0v) is 11.9. The van der Waals surface area contributed by atoms with Gasteiger partial charge >= 0.3 is 5.97 Å². The highest BCUT2D eigenvalue weighted by atomic mass is 16.5. The zero-order valence-electron chi connectivity index (χ0n) is 11.9. The van der Waals surface area contributed by atoms with Crippen LogP contribution in [0.3, 0.4) is 0 Å². The molecule has 0 bridgehead atoms. The maximum Gasteiger partial charge on any atom is 0.362 e. The topological polar surface area (TPSA) is 74.1 Å². The number of fused-ring (bicyclic) bond motifs is 1. The van der Waals surface area contributed by atoms with E-state index in [4.69, 9.17) is 4.74 Å². The Hall–Kier alpha value is -3.02. The van der Waals surface area contributed by atoms with Gasteiger partial charge in [0, 0.05) is 6.20 Å². The summed E-state index contributed by atoms with van der Waals surface area (Å²) in [5, 5.41) is 0. The van der Waals surface area contributed by atoms with Crippen molar-refractivity contribution in [2.45, 2.75) is 6.92 Å². The van der Waals surface area contributed by atoms with Crippen LogP contribution in [0.4, 0.5) is 0 Å². The summed E-state index contributed by atoms with van der Waals surface area (Å²) in [6, 6.07) is 12.4. The number of rotatable bonds is 3. The second-order valence-corrected chi connectivity index (χ2v) is 4.50. The van der Waals surface area contributed by atoms with Crippen molar-refractivity contribution in [2.24, 2.45) is 0 Å². The predicted octanol–water partition coefficient (Wildman–Crippen LogP) is 1.96. The molecule has 3 aromatic rings. The van der Waals surface area contributed by atoms with Gasteiger partial charge in [0.1, 0.15) is 5.52 Å². The molecular formula is C16H13N3O3. The lowest BCUT2D eigenvalue weighted by Gasteiger charge is -2.10. The van der Waals surface area contributed by atoms with Gasteiger partial charge in [-0.05, 0) is 31.2 Å². The smallest absolute Gasteiger partial charge is 0.362 e. The molecule has 0 aliphatic carbocycles. The third kappa shape index (κ3) is 2.35. The lowest BCUT2D eigenvalue weighted by Crippen LogP contribution is -2.29. The first kappa shape index (κ1) is 13.9. The molecule has 0 fully saturated rings. The zero-order chi connectivity index (χ0) is 15.5. The number of esters is 1. The number of aromatic nitrogens is 3. The molecule has 2 heterocycles. The second-order valence-electron chi connectivity index (χ2n) is 4.50. The third-order valence-corrected chi connectivity index (χ3v) is 3.10. The van der Waals surface area contributed by atoms with Gasteiger partial charge in [-0.15, -0.1) is 0 Å². The first-order valence-electron chi connectivity index (χ1n) is 6.82. The van der Waals surface area contributed by atoms with Crippen molar-refractivity contribution in [3.05, 3.63) is 64.7 Å². The maximum atomic E-state index is 12.7. The average molecular weight is 295 g/mol. The Morgan fingerprint density at radius 1 is 1.18 bits per heavy atom. The van der Waals surface area contributed by atoms with E-state index >= 15 is 0 Å². The van der Waals surface area contributed by atoms with Crippen LogP contribution in [0.25, 0.3) is 16.9 Å². The molecule has 0 radical (unpaired) electrons. The van der Waals surface area contributed by atoms with Crippen LogP contribution in [0.15, 0.2) is 53.5 Å². The first-order valence-corrected chi connectivity index (χ1v) is 6.82. The minimum absolute atomic E-state index is 0.177. The fourth-order valence-electron chi connectivity index (χ4n) is 2.17. The van der Waals surface area contributed by atoms with Gasteiger partial charge in [0.05, 0.1) is 12.3 Å². The monoisotopic (exact) mass is 295 g/mol. The van der Waals surface area contributed by atoms with Crippen LogP contribution in [0.5, 0.6) is 0 Å². The molecule has 6 heteroatoms. The molecule has 0 amide bonds. The fourth-order valence-corrected chi connectivity index (χ4v) is 2.17. The van der Waals surface area contributed by atoms with Crippen LogP contribution in [0, 0.1) is 0 Å². The van der Waals surface area contributed by atoms with E-state index in [2.05, 4.69) is 9.97 Å². The number of para-hydroxylation sites is 1. The summed E-state index contributed by atoms with van der Waals surface area (Å²) in [6.07, 6.45) is 1.58. The Balaban J connectivity index is 2.36. The standard InChI is InChI=1S/C16H13N3O3/c1-2-22-16(21)13-15(20)19(11-7-4-3-5-8-11)14-12(18-13)9-6-10-17-14/h3-10H,2H2,1H3. The number of benzene rings is 1. The highest BCUT2D eigenvalue weighted by Gasteiger charge is 2.19. The number of carbonyl (C=O) groups is 1. The Bertz CT molecular complexity index is 888. The normalized spacial score (nSPS) is 10.6. The van der Waals surface area contributed by atoms with Crippen molar-refractivity contribution in [2.75, 3.05) is 6.61 Å². The van der Waals surface area contributed by atoms with Crippen molar-refractivity contribution >= 4 is 17.1 Å². The SMILES string of the molecule is CCOC(=O)c1nc2cccnc2n(-c2ccccc2)c1=O. The molecule has 0 aliphatic heterocycles. The van der Waals surface area contributed by atoms with Gasteiger partial charge in [-0.25, -0.2) is 14.8 Å². The van der Waals surface area contributed by atoms with Crippen molar-refractivity contribution in [3.8, 4) is 5.69 Å². The van der Waals surface area contributed by atoms with Gasteiger partial charge in [0.25, 0.3) is 5.56 Å². The molecular weight excluding hydrogens is 282 g/mol. The molecule has 0 saturated heterocycles. The molecule has 110 valence electrons. The summed E-state index contributed by atoms with van der Waals surface area (Å²) in [5.41, 5.74) is 0.673. The number of nitrogens with zero attached hydrogens (tertiary/aromatic N) is 3. The largest absolute Gasteiger partial charge is 0.461 e. The molecule has 6 nitrogen and oxygen atoms in total. The first-order chi connectivity index (χ1) is 10.7. The summed E-state index contributed by atoms with van der Waals surface area (Å²) < 4.78 is 6.28. The maximum absolute atomic E-state index is 12.7. The molecule has 1 aromatic carbocycles. The van der Waals surface area contributed by atoms with Crippen molar-refractivity contribution in [1.82, 2.24) is 14.5 Å². The number of ether oxygens (including phenoxy) is 1. The molecule has 0 aliphatic rings. The van der Waals surface area contributed by atoms with Gasteiger partial charge in [0.15, 0.2) is 5.65 Å². The number of carbonyl (C=O) groups excluding carboxylic acids is 1. The van der Waals surface area contributed by atoms with Crippen LogP contribution in [0.2, 0.25) is 0 Å². The quantitative estimate of drug-likeness (QED) is 0.690. The summed E-state index contributed by atoms with van der Waals surface area (Å²) >= 11 is 0.